The maximum atomic E-state index is 11.0. The van der Waals surface area contributed by atoms with Crippen molar-refractivity contribution < 1.29 is 14.6 Å². The molecule has 5 nitrogen and oxygen atoms in total. The molecule has 2 aromatic carbocycles. The first kappa shape index (κ1) is 21.5. The summed E-state index contributed by atoms with van der Waals surface area (Å²) in [6, 6.07) is 14.7. The molecule has 1 aromatic heterocycles. The lowest BCUT2D eigenvalue weighted by Crippen LogP contribution is -2.49. The van der Waals surface area contributed by atoms with E-state index in [2.05, 4.69) is 47.1 Å². The third-order valence-corrected chi connectivity index (χ3v) is 6.65. The summed E-state index contributed by atoms with van der Waals surface area (Å²) < 4.78 is 5.73. The number of carboxylic acid groups (broad SMARTS) is 1. The van der Waals surface area contributed by atoms with Crippen molar-refractivity contribution in [3.8, 4) is 26.8 Å². The van der Waals surface area contributed by atoms with Gasteiger partial charge in [-0.25, -0.2) is 4.98 Å². The molecule has 0 unspecified atom stereocenters. The number of thiazole rings is 1. The molecule has 3 aromatic rings. The largest absolute Gasteiger partial charge is 0.491 e. The molecule has 6 heteroatoms. The van der Waals surface area contributed by atoms with Gasteiger partial charge in [0, 0.05) is 31.4 Å². The van der Waals surface area contributed by atoms with Crippen molar-refractivity contribution in [1.29, 1.82) is 0 Å². The predicted molar refractivity (Wildman–Crippen MR) is 125 cm³/mol. The Balaban J connectivity index is 1.47. The molecule has 1 fully saturated rings. The molecule has 2 heterocycles. The Morgan fingerprint density at radius 1 is 1.16 bits per heavy atom. The minimum absolute atomic E-state index is 0.163. The molecule has 0 spiro atoms. The second-order valence-electron chi connectivity index (χ2n) is 8.29. The summed E-state index contributed by atoms with van der Waals surface area (Å²) in [6.07, 6.45) is 3.04. The summed E-state index contributed by atoms with van der Waals surface area (Å²) in [5.41, 5.74) is 4.83. The maximum absolute atomic E-state index is 11.0. The average molecular weight is 437 g/mol. The highest BCUT2D eigenvalue weighted by atomic mass is 32.1. The van der Waals surface area contributed by atoms with E-state index < -0.39 is 5.97 Å². The SMILES string of the molecule is CCc1cc(-c2ncc(-c3ccc(OC(C)C)cc3)s2)ccc1CN1CC(C(=O)O)C1. The monoisotopic (exact) mass is 436 g/mol. The number of hydrogen-bond acceptors (Lipinski definition) is 5. The fraction of sp³-hybridized carbons (Fsp3) is 0.360. The van der Waals surface area contributed by atoms with Crippen LogP contribution in [0, 0.1) is 5.92 Å². The normalized spacial score (nSPS) is 14.6. The summed E-state index contributed by atoms with van der Waals surface area (Å²) in [4.78, 5) is 19.0. The van der Waals surface area contributed by atoms with Crippen LogP contribution in [0.3, 0.4) is 0 Å². The lowest BCUT2D eigenvalue weighted by Gasteiger charge is -2.37. The van der Waals surface area contributed by atoms with Crippen molar-refractivity contribution >= 4 is 17.3 Å². The van der Waals surface area contributed by atoms with Crippen LogP contribution in [0.1, 0.15) is 31.9 Å². The Kier molecular flexibility index (Phi) is 6.39. The van der Waals surface area contributed by atoms with E-state index in [1.807, 2.05) is 32.2 Å². The van der Waals surface area contributed by atoms with Crippen LogP contribution in [0.25, 0.3) is 21.0 Å². The molecule has 1 saturated heterocycles. The van der Waals surface area contributed by atoms with Crippen LogP contribution in [-0.4, -0.2) is 40.2 Å². The van der Waals surface area contributed by atoms with Gasteiger partial charge in [-0.05, 0) is 67.3 Å². The smallest absolute Gasteiger partial charge is 0.309 e. The number of hydrogen-bond donors (Lipinski definition) is 1. The number of carboxylic acids is 1. The molecule has 0 radical (unpaired) electrons. The molecule has 0 atom stereocenters. The van der Waals surface area contributed by atoms with Crippen LogP contribution in [0.15, 0.2) is 48.7 Å². The Morgan fingerprint density at radius 3 is 2.52 bits per heavy atom. The van der Waals surface area contributed by atoms with Gasteiger partial charge in [-0.3, -0.25) is 9.69 Å². The van der Waals surface area contributed by atoms with Gasteiger partial charge in [0.25, 0.3) is 0 Å². The van der Waals surface area contributed by atoms with Crippen LogP contribution in [0.2, 0.25) is 0 Å². The maximum Gasteiger partial charge on any atom is 0.309 e. The number of aryl methyl sites for hydroxylation is 1. The quantitative estimate of drug-likeness (QED) is 0.516. The lowest BCUT2D eigenvalue weighted by atomic mass is 9.96. The van der Waals surface area contributed by atoms with Crippen molar-refractivity contribution in [3.05, 3.63) is 59.8 Å². The Bertz CT molecular complexity index is 1050. The Labute approximate surface area is 187 Å². The summed E-state index contributed by atoms with van der Waals surface area (Å²) in [7, 11) is 0. The first-order valence-electron chi connectivity index (χ1n) is 10.7. The zero-order valence-electron chi connectivity index (χ0n) is 18.2. The van der Waals surface area contributed by atoms with Crippen molar-refractivity contribution in [3.63, 3.8) is 0 Å². The second kappa shape index (κ2) is 9.20. The number of nitrogens with zero attached hydrogens (tertiary/aromatic N) is 2. The van der Waals surface area contributed by atoms with Crippen molar-refractivity contribution in [1.82, 2.24) is 9.88 Å². The second-order valence-corrected chi connectivity index (χ2v) is 9.32. The van der Waals surface area contributed by atoms with Crippen LogP contribution in [0.5, 0.6) is 5.75 Å². The molecular weight excluding hydrogens is 408 g/mol. The first-order chi connectivity index (χ1) is 14.9. The highest BCUT2D eigenvalue weighted by Gasteiger charge is 2.32. The zero-order chi connectivity index (χ0) is 22.0. The highest BCUT2D eigenvalue weighted by Crippen LogP contribution is 2.34. The molecule has 0 bridgehead atoms. The molecule has 31 heavy (non-hydrogen) atoms. The van der Waals surface area contributed by atoms with E-state index in [1.54, 1.807) is 11.3 Å². The number of rotatable bonds is 8. The molecule has 1 N–H and O–H groups in total. The minimum atomic E-state index is -0.691. The van der Waals surface area contributed by atoms with Crippen LogP contribution in [0.4, 0.5) is 0 Å². The number of carbonyl (C=O) groups is 1. The Morgan fingerprint density at radius 2 is 1.87 bits per heavy atom. The Hall–Kier alpha value is -2.70. The lowest BCUT2D eigenvalue weighted by molar-refractivity contribution is -0.147. The van der Waals surface area contributed by atoms with Gasteiger partial charge in [0.15, 0.2) is 0 Å². The summed E-state index contributed by atoms with van der Waals surface area (Å²) in [5, 5.41) is 10.1. The van der Waals surface area contributed by atoms with E-state index in [4.69, 9.17) is 9.84 Å². The molecule has 4 rings (SSSR count). The summed E-state index contributed by atoms with van der Waals surface area (Å²) >= 11 is 1.69. The molecule has 1 aliphatic heterocycles. The number of benzene rings is 2. The van der Waals surface area contributed by atoms with E-state index >= 15 is 0 Å². The number of likely N-dealkylation sites (tertiary alicyclic amines) is 1. The summed E-state index contributed by atoms with van der Waals surface area (Å²) in [5.74, 6) is -0.0309. The topological polar surface area (TPSA) is 62.7 Å². The van der Waals surface area contributed by atoms with Crippen molar-refractivity contribution in [2.24, 2.45) is 5.92 Å². The van der Waals surface area contributed by atoms with E-state index in [1.165, 1.54) is 11.1 Å². The van der Waals surface area contributed by atoms with Gasteiger partial charge in [-0.1, -0.05) is 19.1 Å². The number of aromatic nitrogens is 1. The van der Waals surface area contributed by atoms with E-state index in [9.17, 15) is 4.79 Å². The standard InChI is InChI=1S/C25H28N2O3S/c1-4-17-11-19(5-6-20(17)13-27-14-21(15-27)25(28)29)24-26-12-23(31-24)18-7-9-22(10-8-18)30-16(2)3/h5-12,16,21H,4,13-15H2,1-3H3,(H,28,29). The van der Waals surface area contributed by atoms with Gasteiger partial charge in [-0.2, -0.15) is 0 Å². The van der Waals surface area contributed by atoms with Gasteiger partial charge in [0.2, 0.25) is 0 Å². The molecule has 0 amide bonds. The average Bonchev–Trinajstić information content (AvgIpc) is 3.20. The molecule has 0 saturated carbocycles. The molecule has 1 aliphatic rings. The van der Waals surface area contributed by atoms with Crippen LogP contribution in [-0.2, 0) is 17.8 Å². The number of aliphatic carboxylic acids is 1. The van der Waals surface area contributed by atoms with Gasteiger partial charge in [-0.15, -0.1) is 11.3 Å². The third-order valence-electron chi connectivity index (χ3n) is 5.55. The molecule has 0 aliphatic carbocycles. The van der Waals surface area contributed by atoms with Gasteiger partial charge >= 0.3 is 5.97 Å². The van der Waals surface area contributed by atoms with E-state index in [0.717, 1.165) is 39.7 Å². The van der Waals surface area contributed by atoms with E-state index in [-0.39, 0.29) is 12.0 Å². The van der Waals surface area contributed by atoms with Crippen LogP contribution < -0.4 is 4.74 Å². The first-order valence-corrected chi connectivity index (χ1v) is 11.5. The third kappa shape index (κ3) is 4.97. The number of ether oxygens (including phenoxy) is 1. The predicted octanol–water partition coefficient (Wildman–Crippen LogP) is 5.34. The van der Waals surface area contributed by atoms with Crippen molar-refractivity contribution in [2.75, 3.05) is 13.1 Å². The van der Waals surface area contributed by atoms with Gasteiger partial charge in [0.1, 0.15) is 10.8 Å². The fourth-order valence-corrected chi connectivity index (χ4v) is 4.77. The summed E-state index contributed by atoms with van der Waals surface area (Å²) in [6.45, 7) is 8.28. The minimum Gasteiger partial charge on any atom is -0.491 e. The van der Waals surface area contributed by atoms with Crippen LogP contribution >= 0.6 is 11.3 Å². The van der Waals surface area contributed by atoms with Gasteiger partial charge in [0.05, 0.1) is 16.9 Å². The van der Waals surface area contributed by atoms with Crippen molar-refractivity contribution in [2.45, 2.75) is 39.8 Å². The zero-order valence-corrected chi connectivity index (χ0v) is 19.0. The molecular formula is C25H28N2O3S. The highest BCUT2D eigenvalue weighted by molar-refractivity contribution is 7.18. The molecule has 162 valence electrons. The van der Waals surface area contributed by atoms with Gasteiger partial charge < -0.3 is 9.84 Å². The van der Waals surface area contributed by atoms with E-state index in [0.29, 0.717) is 13.1 Å². The fourth-order valence-electron chi connectivity index (χ4n) is 3.85.